The van der Waals surface area contributed by atoms with Crippen molar-refractivity contribution in [2.24, 2.45) is 0 Å². The molecule has 4 heterocycles. The number of aryl methyl sites for hydroxylation is 1. The number of nitrogens with zero attached hydrogens (tertiary/aromatic N) is 4. The Kier molecular flexibility index (Phi) is 6.99. The van der Waals surface area contributed by atoms with Crippen LogP contribution in [-0.2, 0) is 21.1 Å². The molecular weight excluding hydrogens is 557 g/mol. The Labute approximate surface area is 240 Å². The van der Waals surface area contributed by atoms with Gasteiger partial charge in [0.15, 0.2) is 11.5 Å². The van der Waals surface area contributed by atoms with Crippen LogP contribution in [0.2, 0.25) is 0 Å². The highest BCUT2D eigenvalue weighted by molar-refractivity contribution is 7.90. The number of imidazole rings is 1. The number of fused-ring (bicyclic) bond motifs is 2. The molecule has 0 spiro atoms. The minimum absolute atomic E-state index is 0.0662. The number of halogens is 1. The predicted molar refractivity (Wildman–Crippen MR) is 160 cm³/mol. The van der Waals surface area contributed by atoms with Crippen molar-refractivity contribution in [1.82, 2.24) is 30.1 Å². The van der Waals surface area contributed by atoms with Crippen molar-refractivity contribution in [2.45, 2.75) is 19.8 Å². The SMILES string of the molecule is CCC(=O)Nc1cncc(-c2cnc3n[nH]c(-c4nc5c(-c6cc(F)cc(CCS(C)(=O)=O)c6)cccc5[nH]4)c3c2)c1. The molecule has 6 rings (SSSR count). The number of benzene rings is 2. The molecule has 12 heteroatoms. The maximum absolute atomic E-state index is 14.6. The Morgan fingerprint density at radius 1 is 1.02 bits per heavy atom. The summed E-state index contributed by atoms with van der Waals surface area (Å²) in [5, 5.41) is 10.9. The molecule has 0 bridgehead atoms. The largest absolute Gasteiger partial charge is 0.337 e. The van der Waals surface area contributed by atoms with Crippen LogP contribution in [0, 0.1) is 5.82 Å². The highest BCUT2D eigenvalue weighted by Crippen LogP contribution is 2.33. The second-order valence-electron chi connectivity index (χ2n) is 10.1. The molecular formula is C30H26FN7O3S. The zero-order valence-corrected chi connectivity index (χ0v) is 23.6. The first-order valence-electron chi connectivity index (χ1n) is 13.2. The van der Waals surface area contributed by atoms with Gasteiger partial charge in [0.25, 0.3) is 0 Å². The van der Waals surface area contributed by atoms with Crippen molar-refractivity contribution in [2.75, 3.05) is 17.3 Å². The number of nitrogens with one attached hydrogen (secondary N) is 3. The number of carbonyl (C=O) groups is 1. The van der Waals surface area contributed by atoms with Crippen molar-refractivity contribution in [1.29, 1.82) is 0 Å². The van der Waals surface area contributed by atoms with Crippen LogP contribution < -0.4 is 5.32 Å². The van der Waals surface area contributed by atoms with Crippen LogP contribution in [0.3, 0.4) is 0 Å². The summed E-state index contributed by atoms with van der Waals surface area (Å²) in [6.07, 6.45) is 6.71. The van der Waals surface area contributed by atoms with Crippen LogP contribution in [0.5, 0.6) is 0 Å². The number of hydrogen-bond donors (Lipinski definition) is 3. The van der Waals surface area contributed by atoms with Crippen LogP contribution in [0.4, 0.5) is 10.1 Å². The van der Waals surface area contributed by atoms with E-state index in [-0.39, 0.29) is 18.1 Å². The highest BCUT2D eigenvalue weighted by Gasteiger charge is 2.17. The molecule has 2 aromatic carbocycles. The fraction of sp³-hybridized carbons (Fsp3) is 0.167. The Morgan fingerprint density at radius 3 is 2.67 bits per heavy atom. The molecule has 6 aromatic rings. The molecule has 212 valence electrons. The maximum Gasteiger partial charge on any atom is 0.224 e. The first-order valence-corrected chi connectivity index (χ1v) is 15.3. The van der Waals surface area contributed by atoms with Crippen molar-refractivity contribution >= 4 is 43.5 Å². The van der Waals surface area contributed by atoms with Gasteiger partial charge in [-0.15, -0.1) is 0 Å². The second-order valence-corrected chi connectivity index (χ2v) is 12.3. The van der Waals surface area contributed by atoms with Gasteiger partial charge in [-0.2, -0.15) is 5.10 Å². The first-order chi connectivity index (χ1) is 20.2. The lowest BCUT2D eigenvalue weighted by atomic mass is 10.0. The number of sulfone groups is 1. The third-order valence-corrected chi connectivity index (χ3v) is 7.81. The van der Waals surface area contributed by atoms with E-state index in [0.29, 0.717) is 51.5 Å². The Bertz CT molecular complexity index is 2090. The lowest BCUT2D eigenvalue weighted by Crippen LogP contribution is -2.09. The van der Waals surface area contributed by atoms with E-state index < -0.39 is 15.7 Å². The Morgan fingerprint density at radius 2 is 1.86 bits per heavy atom. The van der Waals surface area contributed by atoms with Crippen LogP contribution >= 0.6 is 0 Å². The Hall–Kier alpha value is -4.97. The van der Waals surface area contributed by atoms with E-state index in [4.69, 9.17) is 4.98 Å². The van der Waals surface area contributed by atoms with Crippen molar-refractivity contribution in [3.05, 3.63) is 78.5 Å². The number of amides is 1. The lowest BCUT2D eigenvalue weighted by Gasteiger charge is -2.07. The molecule has 0 atom stereocenters. The van der Waals surface area contributed by atoms with E-state index in [2.05, 4.69) is 30.5 Å². The molecule has 42 heavy (non-hydrogen) atoms. The van der Waals surface area contributed by atoms with Gasteiger partial charge in [0, 0.05) is 41.8 Å². The zero-order chi connectivity index (χ0) is 29.4. The van der Waals surface area contributed by atoms with Gasteiger partial charge in [0.1, 0.15) is 21.3 Å². The van der Waals surface area contributed by atoms with E-state index in [1.165, 1.54) is 12.1 Å². The summed E-state index contributed by atoms with van der Waals surface area (Å²) < 4.78 is 37.9. The van der Waals surface area contributed by atoms with Crippen LogP contribution in [0.25, 0.3) is 55.8 Å². The van der Waals surface area contributed by atoms with Crippen LogP contribution in [0.1, 0.15) is 18.9 Å². The summed E-state index contributed by atoms with van der Waals surface area (Å²) in [6.45, 7) is 1.78. The number of carbonyl (C=O) groups excluding carboxylic acids is 1. The molecule has 0 aliphatic heterocycles. The lowest BCUT2D eigenvalue weighted by molar-refractivity contribution is -0.115. The molecule has 0 saturated carbocycles. The fourth-order valence-electron chi connectivity index (χ4n) is 4.79. The summed E-state index contributed by atoms with van der Waals surface area (Å²) >= 11 is 0. The minimum Gasteiger partial charge on any atom is -0.337 e. The molecule has 0 fully saturated rings. The fourth-order valence-corrected chi connectivity index (χ4v) is 5.40. The third kappa shape index (κ3) is 5.61. The monoisotopic (exact) mass is 583 g/mol. The first kappa shape index (κ1) is 27.2. The summed E-state index contributed by atoms with van der Waals surface area (Å²) in [5.41, 5.74) is 6.53. The van der Waals surface area contributed by atoms with Gasteiger partial charge < -0.3 is 10.3 Å². The molecule has 0 radical (unpaired) electrons. The maximum atomic E-state index is 14.6. The molecule has 1 amide bonds. The summed E-state index contributed by atoms with van der Waals surface area (Å²) in [5.74, 6) is -0.0970. The normalized spacial score (nSPS) is 11.8. The molecule has 0 unspecified atom stereocenters. The Balaban J connectivity index is 1.39. The van der Waals surface area contributed by atoms with Gasteiger partial charge in [0.2, 0.25) is 5.91 Å². The number of para-hydroxylation sites is 1. The standard InChI is InChI=1S/C30H26FN7O3S/c1-3-26(39)34-22-12-19(14-32-16-22)20-13-24-28(37-38-29(24)33-15-20)30-35-25-6-4-5-23(27(25)36-30)18-9-17(10-21(31)11-18)7-8-42(2,40)41/h4-6,9-16H,3,7-8H2,1-2H3,(H,34,39)(H,35,36)(H,33,37,38). The van der Waals surface area contributed by atoms with Crippen LogP contribution in [-0.4, -0.2) is 56.5 Å². The number of hydrogen-bond acceptors (Lipinski definition) is 7. The van der Waals surface area contributed by atoms with Crippen LogP contribution in [0.15, 0.2) is 67.1 Å². The average Bonchev–Trinajstić information content (AvgIpc) is 3.59. The highest BCUT2D eigenvalue weighted by atomic mass is 32.2. The number of rotatable bonds is 8. The van der Waals surface area contributed by atoms with E-state index in [1.54, 1.807) is 31.6 Å². The number of aromatic nitrogens is 6. The topological polar surface area (TPSA) is 146 Å². The number of pyridine rings is 2. The molecule has 3 N–H and O–H groups in total. The smallest absolute Gasteiger partial charge is 0.224 e. The molecule has 0 aliphatic rings. The summed E-state index contributed by atoms with van der Waals surface area (Å²) in [4.78, 5) is 28.8. The zero-order valence-electron chi connectivity index (χ0n) is 22.8. The van der Waals surface area contributed by atoms with Crippen molar-refractivity contribution in [3.63, 3.8) is 0 Å². The van der Waals surface area contributed by atoms with Gasteiger partial charge >= 0.3 is 0 Å². The number of H-pyrrole nitrogens is 2. The van der Waals surface area contributed by atoms with Gasteiger partial charge in [0.05, 0.1) is 34.1 Å². The van der Waals surface area contributed by atoms with Gasteiger partial charge in [-0.1, -0.05) is 25.1 Å². The van der Waals surface area contributed by atoms with E-state index >= 15 is 0 Å². The molecule has 0 aliphatic carbocycles. The van der Waals surface area contributed by atoms with Gasteiger partial charge in [-0.3, -0.25) is 14.9 Å². The second kappa shape index (κ2) is 10.8. The third-order valence-electron chi connectivity index (χ3n) is 6.87. The number of aromatic amines is 2. The van der Waals surface area contributed by atoms with Gasteiger partial charge in [-0.05, 0) is 47.9 Å². The summed E-state index contributed by atoms with van der Waals surface area (Å²) in [6, 6.07) is 13.9. The predicted octanol–water partition coefficient (Wildman–Crippen LogP) is 5.30. The van der Waals surface area contributed by atoms with Gasteiger partial charge in [-0.25, -0.2) is 22.8 Å². The number of anilines is 1. The minimum atomic E-state index is -3.19. The van der Waals surface area contributed by atoms with E-state index in [1.807, 2.05) is 30.3 Å². The molecule has 10 nitrogen and oxygen atoms in total. The van der Waals surface area contributed by atoms with E-state index in [9.17, 15) is 17.6 Å². The quantitative estimate of drug-likeness (QED) is 0.220. The molecule has 4 aromatic heterocycles. The average molecular weight is 584 g/mol. The van der Waals surface area contributed by atoms with Crippen molar-refractivity contribution in [3.8, 4) is 33.8 Å². The van der Waals surface area contributed by atoms with E-state index in [0.717, 1.165) is 28.3 Å². The molecule has 0 saturated heterocycles. The van der Waals surface area contributed by atoms with Crippen molar-refractivity contribution < 1.29 is 17.6 Å². The summed E-state index contributed by atoms with van der Waals surface area (Å²) in [7, 11) is -3.19.